The van der Waals surface area contributed by atoms with Gasteiger partial charge in [0, 0.05) is 43.0 Å². The molecule has 32 heavy (non-hydrogen) atoms. The molecule has 7 heteroatoms. The van der Waals surface area contributed by atoms with E-state index in [9.17, 15) is 9.18 Å². The molecule has 1 aromatic heterocycles. The van der Waals surface area contributed by atoms with Crippen molar-refractivity contribution in [2.24, 2.45) is 0 Å². The summed E-state index contributed by atoms with van der Waals surface area (Å²) in [6, 6.07) is 14.4. The third-order valence-electron chi connectivity index (χ3n) is 5.84. The number of anilines is 2. The normalized spacial score (nSPS) is 14.7. The Balaban J connectivity index is 1.37. The Morgan fingerprint density at radius 1 is 1.09 bits per heavy atom. The van der Waals surface area contributed by atoms with Gasteiger partial charge in [0.1, 0.15) is 11.6 Å². The molecule has 0 unspecified atom stereocenters. The van der Waals surface area contributed by atoms with Gasteiger partial charge in [0.15, 0.2) is 0 Å². The molecule has 2 aromatic carbocycles. The highest BCUT2D eigenvalue weighted by Crippen LogP contribution is 2.26. The summed E-state index contributed by atoms with van der Waals surface area (Å²) >= 11 is 1.51. The topological polar surface area (TPSA) is 48.5 Å². The number of pyridine rings is 1. The van der Waals surface area contributed by atoms with Gasteiger partial charge in [-0.25, -0.2) is 9.37 Å². The molecular weight excluding hydrogens is 423 g/mol. The van der Waals surface area contributed by atoms with Crippen molar-refractivity contribution in [1.29, 1.82) is 0 Å². The molecule has 0 radical (unpaired) electrons. The molecule has 3 aromatic rings. The van der Waals surface area contributed by atoms with Crippen LogP contribution in [-0.2, 0) is 10.5 Å². The van der Waals surface area contributed by atoms with Gasteiger partial charge in [0.25, 0.3) is 0 Å². The van der Waals surface area contributed by atoms with Crippen molar-refractivity contribution in [3.05, 3.63) is 65.5 Å². The maximum Gasteiger partial charge on any atom is 0.234 e. The SMILES string of the molecule is CCN1CCN(c2cc(C)c3cc(NC(=O)CSCc4ccc(F)cc4)ccc3n2)CC1. The number of piperazine rings is 1. The number of hydrogen-bond donors (Lipinski definition) is 1. The number of aryl methyl sites for hydroxylation is 1. The minimum absolute atomic E-state index is 0.0486. The second-order valence-corrected chi connectivity index (χ2v) is 9.10. The number of carbonyl (C=O) groups is 1. The lowest BCUT2D eigenvalue weighted by molar-refractivity contribution is -0.113. The van der Waals surface area contributed by atoms with Crippen molar-refractivity contribution in [3.8, 4) is 0 Å². The number of halogens is 1. The third kappa shape index (κ3) is 5.58. The second kappa shape index (κ2) is 10.3. The van der Waals surface area contributed by atoms with Gasteiger partial charge in [-0.15, -0.1) is 11.8 Å². The molecule has 1 aliphatic rings. The summed E-state index contributed by atoms with van der Waals surface area (Å²) in [4.78, 5) is 22.1. The first-order valence-corrected chi connectivity index (χ1v) is 12.2. The van der Waals surface area contributed by atoms with Gasteiger partial charge in [-0.05, 0) is 61.0 Å². The summed E-state index contributed by atoms with van der Waals surface area (Å²) in [6.45, 7) is 9.52. The van der Waals surface area contributed by atoms with Crippen LogP contribution in [0.25, 0.3) is 10.9 Å². The summed E-state index contributed by atoms with van der Waals surface area (Å²) in [5.74, 6) is 1.75. The lowest BCUT2D eigenvalue weighted by Crippen LogP contribution is -2.46. The number of rotatable bonds is 7. The number of thioether (sulfide) groups is 1. The number of aromatic nitrogens is 1. The third-order valence-corrected chi connectivity index (χ3v) is 6.85. The van der Waals surface area contributed by atoms with Crippen LogP contribution in [0.2, 0.25) is 0 Å². The molecular formula is C25H29FN4OS. The van der Waals surface area contributed by atoms with E-state index >= 15 is 0 Å². The lowest BCUT2D eigenvalue weighted by Gasteiger charge is -2.35. The Morgan fingerprint density at radius 3 is 2.56 bits per heavy atom. The summed E-state index contributed by atoms with van der Waals surface area (Å²) in [6.07, 6.45) is 0. The minimum Gasteiger partial charge on any atom is -0.354 e. The van der Waals surface area contributed by atoms with E-state index in [0.717, 1.165) is 66.3 Å². The maximum absolute atomic E-state index is 13.0. The van der Waals surface area contributed by atoms with Crippen LogP contribution in [0, 0.1) is 12.7 Å². The van der Waals surface area contributed by atoms with Crippen molar-refractivity contribution in [2.75, 3.05) is 48.7 Å². The predicted molar refractivity (Wildman–Crippen MR) is 132 cm³/mol. The Hall–Kier alpha value is -2.64. The van der Waals surface area contributed by atoms with E-state index in [4.69, 9.17) is 4.98 Å². The molecule has 0 aliphatic carbocycles. The number of fused-ring (bicyclic) bond motifs is 1. The molecule has 1 saturated heterocycles. The fourth-order valence-electron chi connectivity index (χ4n) is 3.95. The van der Waals surface area contributed by atoms with Crippen LogP contribution in [0.4, 0.5) is 15.9 Å². The predicted octanol–water partition coefficient (Wildman–Crippen LogP) is 4.70. The van der Waals surface area contributed by atoms with Crippen LogP contribution < -0.4 is 10.2 Å². The first-order valence-electron chi connectivity index (χ1n) is 11.0. The average molecular weight is 453 g/mol. The van der Waals surface area contributed by atoms with E-state index in [1.165, 1.54) is 23.9 Å². The number of nitrogens with one attached hydrogen (secondary N) is 1. The number of likely N-dealkylation sites (N-methyl/N-ethyl adjacent to an activating group) is 1. The fraction of sp³-hybridized carbons (Fsp3) is 0.360. The minimum atomic E-state index is -0.247. The highest BCUT2D eigenvalue weighted by Gasteiger charge is 2.18. The van der Waals surface area contributed by atoms with Crippen molar-refractivity contribution in [3.63, 3.8) is 0 Å². The number of amides is 1. The Morgan fingerprint density at radius 2 is 1.84 bits per heavy atom. The molecule has 0 atom stereocenters. The van der Waals surface area contributed by atoms with E-state index in [2.05, 4.69) is 35.0 Å². The summed E-state index contributed by atoms with van der Waals surface area (Å²) in [7, 11) is 0. The number of benzene rings is 2. The van der Waals surface area contributed by atoms with Gasteiger partial charge < -0.3 is 15.1 Å². The maximum atomic E-state index is 13.0. The van der Waals surface area contributed by atoms with E-state index in [0.29, 0.717) is 11.5 Å². The Bertz CT molecular complexity index is 1080. The van der Waals surface area contributed by atoms with Gasteiger partial charge in [0.2, 0.25) is 5.91 Å². The van der Waals surface area contributed by atoms with E-state index in [1.54, 1.807) is 12.1 Å². The zero-order valence-corrected chi connectivity index (χ0v) is 19.4. The van der Waals surface area contributed by atoms with Crippen LogP contribution >= 0.6 is 11.8 Å². The van der Waals surface area contributed by atoms with Crippen LogP contribution in [0.3, 0.4) is 0 Å². The largest absolute Gasteiger partial charge is 0.354 e. The molecule has 0 bridgehead atoms. The quantitative estimate of drug-likeness (QED) is 0.563. The summed E-state index contributed by atoms with van der Waals surface area (Å²) < 4.78 is 13.0. The molecule has 1 amide bonds. The summed E-state index contributed by atoms with van der Waals surface area (Å²) in [5.41, 5.74) is 3.88. The van der Waals surface area contributed by atoms with Crippen molar-refractivity contribution >= 4 is 40.1 Å². The smallest absolute Gasteiger partial charge is 0.234 e. The van der Waals surface area contributed by atoms with Gasteiger partial charge in [-0.2, -0.15) is 0 Å². The van der Waals surface area contributed by atoms with E-state index in [1.807, 2.05) is 18.2 Å². The highest BCUT2D eigenvalue weighted by molar-refractivity contribution is 7.99. The van der Waals surface area contributed by atoms with Gasteiger partial charge in [0.05, 0.1) is 11.3 Å². The van der Waals surface area contributed by atoms with Crippen molar-refractivity contribution in [2.45, 2.75) is 19.6 Å². The summed E-state index contributed by atoms with van der Waals surface area (Å²) in [5, 5.41) is 4.04. The molecule has 4 rings (SSSR count). The van der Waals surface area contributed by atoms with Crippen molar-refractivity contribution < 1.29 is 9.18 Å². The fourth-order valence-corrected chi connectivity index (χ4v) is 4.74. The van der Waals surface area contributed by atoms with Crippen molar-refractivity contribution in [1.82, 2.24) is 9.88 Å². The Kier molecular flexibility index (Phi) is 7.27. The van der Waals surface area contributed by atoms with E-state index < -0.39 is 0 Å². The average Bonchev–Trinajstić information content (AvgIpc) is 2.81. The van der Waals surface area contributed by atoms with Crippen LogP contribution in [0.1, 0.15) is 18.1 Å². The van der Waals surface area contributed by atoms with Gasteiger partial charge >= 0.3 is 0 Å². The monoisotopic (exact) mass is 452 g/mol. The van der Waals surface area contributed by atoms with Gasteiger partial charge in [-0.3, -0.25) is 4.79 Å². The second-order valence-electron chi connectivity index (χ2n) is 8.12. The molecule has 2 heterocycles. The molecule has 0 spiro atoms. The molecule has 5 nitrogen and oxygen atoms in total. The molecule has 1 aliphatic heterocycles. The molecule has 1 fully saturated rings. The first-order chi connectivity index (χ1) is 15.5. The first kappa shape index (κ1) is 22.6. The van der Waals surface area contributed by atoms with Crippen LogP contribution in [0.15, 0.2) is 48.5 Å². The highest BCUT2D eigenvalue weighted by atomic mass is 32.2. The molecule has 1 N–H and O–H groups in total. The molecule has 0 saturated carbocycles. The Labute approximate surface area is 193 Å². The van der Waals surface area contributed by atoms with Gasteiger partial charge in [-0.1, -0.05) is 19.1 Å². The number of hydrogen-bond acceptors (Lipinski definition) is 5. The standard InChI is InChI=1S/C25H29FN4OS/c1-3-29-10-12-30(13-11-29)24-14-18(2)22-15-21(8-9-23(22)28-24)27-25(31)17-32-16-19-4-6-20(26)7-5-19/h4-9,14-15H,3,10-13,16-17H2,1-2H3,(H,27,31). The lowest BCUT2D eigenvalue weighted by atomic mass is 10.1. The zero-order valence-electron chi connectivity index (χ0n) is 18.6. The number of carbonyl (C=O) groups excluding carboxylic acids is 1. The van der Waals surface area contributed by atoms with E-state index in [-0.39, 0.29) is 11.7 Å². The zero-order chi connectivity index (χ0) is 22.5. The van der Waals surface area contributed by atoms with Crippen LogP contribution in [0.5, 0.6) is 0 Å². The number of nitrogens with zero attached hydrogens (tertiary/aromatic N) is 3. The molecule has 168 valence electrons. The van der Waals surface area contributed by atoms with Crippen LogP contribution in [-0.4, -0.2) is 54.3 Å².